The summed E-state index contributed by atoms with van der Waals surface area (Å²) in [4.78, 5) is 27.3. The molecule has 9 nitrogen and oxygen atoms in total. The number of ether oxygens (including phenoxy) is 2. The second-order valence-corrected chi connectivity index (χ2v) is 10.7. The van der Waals surface area contributed by atoms with Gasteiger partial charge in [0.2, 0.25) is 5.91 Å². The third kappa shape index (κ3) is 5.57. The van der Waals surface area contributed by atoms with Gasteiger partial charge in [0.15, 0.2) is 5.82 Å². The normalized spacial score (nSPS) is 16.2. The molecule has 0 aliphatic carbocycles. The number of aromatic nitrogens is 2. The molecule has 0 saturated carbocycles. The molecule has 1 N–H and O–H groups in total. The number of fused-ring (bicyclic) bond motifs is 2. The lowest BCUT2D eigenvalue weighted by atomic mass is 9.96. The molecule has 3 aromatic carbocycles. The molecule has 2 aliphatic heterocycles. The molecular formula is C31H31ClFN5O4. The molecule has 0 unspecified atom stereocenters. The number of piperazine rings is 1. The van der Waals surface area contributed by atoms with Crippen LogP contribution in [-0.4, -0.2) is 96.4 Å². The molecule has 0 spiro atoms. The van der Waals surface area contributed by atoms with Crippen molar-refractivity contribution >= 4 is 45.0 Å². The number of aromatic hydroxyl groups is 1. The van der Waals surface area contributed by atoms with Crippen LogP contribution in [-0.2, 0) is 9.53 Å². The second kappa shape index (κ2) is 12.1. The van der Waals surface area contributed by atoms with Crippen LogP contribution in [0.25, 0.3) is 32.8 Å². The van der Waals surface area contributed by atoms with E-state index in [2.05, 4.69) is 16.5 Å². The van der Waals surface area contributed by atoms with Crippen molar-refractivity contribution in [2.75, 3.05) is 70.5 Å². The van der Waals surface area contributed by atoms with Crippen molar-refractivity contribution < 1.29 is 23.8 Å². The molecule has 0 bridgehead atoms. The highest BCUT2D eigenvalue weighted by molar-refractivity contribution is 6.35. The van der Waals surface area contributed by atoms with Gasteiger partial charge in [-0.25, -0.2) is 4.39 Å². The number of nitrogens with zero attached hydrogens (tertiary/aromatic N) is 5. The third-order valence-electron chi connectivity index (χ3n) is 7.77. The number of carbonyl (C=O) groups is 1. The molecule has 2 aliphatic rings. The fourth-order valence-corrected chi connectivity index (χ4v) is 5.87. The zero-order chi connectivity index (χ0) is 29.2. The van der Waals surface area contributed by atoms with E-state index < -0.39 is 5.82 Å². The number of benzene rings is 3. The Morgan fingerprint density at radius 3 is 2.60 bits per heavy atom. The van der Waals surface area contributed by atoms with Gasteiger partial charge >= 0.3 is 6.01 Å². The fourth-order valence-electron chi connectivity index (χ4n) is 5.57. The van der Waals surface area contributed by atoms with Crippen LogP contribution in [0.3, 0.4) is 0 Å². The number of halogens is 2. The van der Waals surface area contributed by atoms with Crippen LogP contribution in [0.2, 0.25) is 5.02 Å². The Morgan fingerprint density at radius 1 is 1.07 bits per heavy atom. The van der Waals surface area contributed by atoms with Gasteiger partial charge < -0.3 is 24.4 Å². The summed E-state index contributed by atoms with van der Waals surface area (Å²) in [5.74, 6) is -0.274. The summed E-state index contributed by atoms with van der Waals surface area (Å²) < 4.78 is 28.0. The number of rotatable bonds is 7. The summed E-state index contributed by atoms with van der Waals surface area (Å²) in [6.45, 7) is 9.44. The lowest BCUT2D eigenvalue weighted by Gasteiger charge is -2.35. The number of hydrogen-bond acceptors (Lipinski definition) is 8. The number of hydrogen-bond donors (Lipinski definition) is 1. The molecular weight excluding hydrogens is 561 g/mol. The van der Waals surface area contributed by atoms with Gasteiger partial charge in [0, 0.05) is 56.8 Å². The lowest BCUT2D eigenvalue weighted by Crippen LogP contribution is -2.48. The highest BCUT2D eigenvalue weighted by Gasteiger charge is 2.27. The molecule has 218 valence electrons. The Hall–Kier alpha value is -3.99. The molecule has 11 heteroatoms. The molecule has 1 aromatic heterocycles. The van der Waals surface area contributed by atoms with Gasteiger partial charge in [-0.1, -0.05) is 42.4 Å². The Labute approximate surface area is 247 Å². The first kappa shape index (κ1) is 28.1. The van der Waals surface area contributed by atoms with Gasteiger partial charge in [0.1, 0.15) is 23.7 Å². The van der Waals surface area contributed by atoms with Crippen LogP contribution in [0.1, 0.15) is 0 Å². The number of amides is 1. The van der Waals surface area contributed by atoms with Crippen LogP contribution in [0, 0.1) is 5.82 Å². The van der Waals surface area contributed by atoms with E-state index in [4.69, 9.17) is 26.1 Å². The van der Waals surface area contributed by atoms with E-state index in [1.165, 1.54) is 12.1 Å². The summed E-state index contributed by atoms with van der Waals surface area (Å²) in [7, 11) is 0. The lowest BCUT2D eigenvalue weighted by molar-refractivity contribution is -0.126. The van der Waals surface area contributed by atoms with E-state index in [0.29, 0.717) is 69.3 Å². The highest BCUT2D eigenvalue weighted by atomic mass is 35.5. The quantitative estimate of drug-likeness (QED) is 0.314. The van der Waals surface area contributed by atoms with Crippen molar-refractivity contribution in [1.29, 1.82) is 0 Å². The number of morpholine rings is 1. The summed E-state index contributed by atoms with van der Waals surface area (Å²) in [5.41, 5.74) is 0.667. The Morgan fingerprint density at radius 2 is 1.83 bits per heavy atom. The van der Waals surface area contributed by atoms with Crippen molar-refractivity contribution in [2.45, 2.75) is 0 Å². The highest BCUT2D eigenvalue weighted by Crippen LogP contribution is 2.42. The van der Waals surface area contributed by atoms with E-state index >= 15 is 4.39 Å². The fraction of sp³-hybridized carbons (Fsp3) is 0.323. The van der Waals surface area contributed by atoms with Crippen LogP contribution in [0.15, 0.2) is 55.1 Å². The van der Waals surface area contributed by atoms with Gasteiger partial charge in [-0.3, -0.25) is 9.69 Å². The van der Waals surface area contributed by atoms with Gasteiger partial charge in [0.25, 0.3) is 0 Å². The number of phenolic OH excluding ortho intramolecular Hbond substituents is 1. The van der Waals surface area contributed by atoms with Crippen LogP contribution < -0.4 is 9.64 Å². The van der Waals surface area contributed by atoms with Crippen molar-refractivity contribution in [1.82, 2.24) is 19.8 Å². The number of anilines is 1. The SMILES string of the molecule is C=CC(=O)N1CCN(c2nc(OCCN3CCOCC3)nc3c(F)c(-c4cc(O)cc5ccccc45)c(Cl)cc23)CC1. The van der Waals surface area contributed by atoms with Gasteiger partial charge in [-0.15, -0.1) is 0 Å². The first-order valence-corrected chi connectivity index (χ1v) is 14.3. The molecule has 2 saturated heterocycles. The van der Waals surface area contributed by atoms with Crippen molar-refractivity contribution in [3.63, 3.8) is 0 Å². The minimum Gasteiger partial charge on any atom is -0.508 e. The maximum atomic E-state index is 16.6. The molecule has 2 fully saturated rings. The average molecular weight is 592 g/mol. The van der Waals surface area contributed by atoms with E-state index in [0.717, 1.165) is 23.9 Å². The predicted molar refractivity (Wildman–Crippen MR) is 161 cm³/mol. The topological polar surface area (TPSA) is 91.3 Å². The second-order valence-electron chi connectivity index (χ2n) is 10.3. The van der Waals surface area contributed by atoms with Crippen LogP contribution in [0.5, 0.6) is 11.8 Å². The molecule has 6 rings (SSSR count). The third-order valence-corrected chi connectivity index (χ3v) is 8.06. The molecule has 4 aromatic rings. The van der Waals surface area contributed by atoms with Crippen molar-refractivity contribution in [3.8, 4) is 22.9 Å². The monoisotopic (exact) mass is 591 g/mol. The summed E-state index contributed by atoms with van der Waals surface area (Å²) >= 11 is 6.79. The number of carbonyl (C=O) groups excluding carboxylic acids is 1. The standard InChI is InChI=1S/C31H31ClFN5O4/c1-2-26(40)37-7-9-38(10-8-37)30-24-19-25(32)27(23-18-21(39)17-20-5-3-4-6-22(20)23)28(33)29(24)34-31(35-30)42-16-13-36-11-14-41-15-12-36/h2-6,17-19,39H,1,7-16H2. The van der Waals surface area contributed by atoms with Crippen molar-refractivity contribution in [2.24, 2.45) is 0 Å². The molecule has 42 heavy (non-hydrogen) atoms. The largest absolute Gasteiger partial charge is 0.508 e. The zero-order valence-corrected chi connectivity index (χ0v) is 23.8. The minimum absolute atomic E-state index is 0.00159. The smallest absolute Gasteiger partial charge is 0.319 e. The Balaban J connectivity index is 1.42. The predicted octanol–water partition coefficient (Wildman–Crippen LogP) is 4.49. The molecule has 0 radical (unpaired) electrons. The van der Waals surface area contributed by atoms with Gasteiger partial charge in [-0.2, -0.15) is 9.97 Å². The average Bonchev–Trinajstić information content (AvgIpc) is 3.01. The summed E-state index contributed by atoms with van der Waals surface area (Å²) in [5, 5.41) is 12.6. The van der Waals surface area contributed by atoms with E-state index in [1.54, 1.807) is 17.0 Å². The van der Waals surface area contributed by atoms with Crippen LogP contribution in [0.4, 0.5) is 10.2 Å². The maximum Gasteiger partial charge on any atom is 0.319 e. The number of phenols is 1. The first-order valence-electron chi connectivity index (χ1n) is 13.9. The molecule has 3 heterocycles. The van der Waals surface area contributed by atoms with Gasteiger partial charge in [-0.05, 0) is 40.6 Å². The van der Waals surface area contributed by atoms with Gasteiger partial charge in [0.05, 0.1) is 18.2 Å². The Kier molecular flexibility index (Phi) is 8.10. The zero-order valence-electron chi connectivity index (χ0n) is 23.1. The van der Waals surface area contributed by atoms with E-state index in [9.17, 15) is 9.90 Å². The minimum atomic E-state index is -0.629. The van der Waals surface area contributed by atoms with Crippen LogP contribution >= 0.6 is 11.6 Å². The summed E-state index contributed by atoms with van der Waals surface area (Å²) in [6, 6.07) is 12.3. The van der Waals surface area contributed by atoms with Crippen molar-refractivity contribution in [3.05, 3.63) is 66.0 Å². The van der Waals surface area contributed by atoms with E-state index in [1.807, 2.05) is 29.2 Å². The Bertz CT molecular complexity index is 1650. The van der Waals surface area contributed by atoms with E-state index in [-0.39, 0.29) is 33.8 Å². The summed E-state index contributed by atoms with van der Waals surface area (Å²) in [6.07, 6.45) is 1.30. The molecule has 0 atom stereocenters. The maximum absolute atomic E-state index is 16.6. The molecule has 1 amide bonds. The first-order chi connectivity index (χ1) is 20.4.